The molecule has 158 valence electrons. The first-order chi connectivity index (χ1) is 14.8. The summed E-state index contributed by atoms with van der Waals surface area (Å²) in [6.07, 6.45) is -1.30. The lowest BCUT2D eigenvalue weighted by Gasteiger charge is -2.28. The van der Waals surface area contributed by atoms with Gasteiger partial charge in [-0.25, -0.2) is 9.18 Å². The average Bonchev–Trinajstić information content (AvgIpc) is 2.78. The van der Waals surface area contributed by atoms with Crippen molar-refractivity contribution in [2.24, 2.45) is 5.92 Å². The lowest BCUT2D eigenvalue weighted by atomic mass is 9.85. The van der Waals surface area contributed by atoms with Gasteiger partial charge >= 0.3 is 5.97 Å². The summed E-state index contributed by atoms with van der Waals surface area (Å²) in [4.78, 5) is 12.9. The molecule has 0 fully saturated rings. The van der Waals surface area contributed by atoms with Crippen LogP contribution in [0, 0.1) is 17.2 Å². The molecule has 3 rings (SSSR count). The molecule has 0 aromatic heterocycles. The van der Waals surface area contributed by atoms with Crippen LogP contribution in [-0.2, 0) is 15.2 Å². The van der Waals surface area contributed by atoms with Crippen LogP contribution in [-0.4, -0.2) is 5.97 Å². The van der Waals surface area contributed by atoms with Crippen LogP contribution in [0.1, 0.15) is 31.1 Å². The predicted molar refractivity (Wildman–Crippen MR) is 116 cm³/mol. The van der Waals surface area contributed by atoms with Gasteiger partial charge < -0.3 is 9.47 Å². The van der Waals surface area contributed by atoms with Crippen molar-refractivity contribution in [3.8, 4) is 17.6 Å². The smallest absolute Gasteiger partial charge is 0.350 e. The maximum absolute atomic E-state index is 15.9. The minimum absolute atomic E-state index is 0.120. The van der Waals surface area contributed by atoms with E-state index in [1.807, 2.05) is 24.3 Å². The van der Waals surface area contributed by atoms with Gasteiger partial charge in [0.15, 0.2) is 0 Å². The van der Waals surface area contributed by atoms with Gasteiger partial charge in [0.2, 0.25) is 11.8 Å². The summed E-state index contributed by atoms with van der Waals surface area (Å²) >= 11 is 5.89. The number of carbonyl (C=O) groups is 1. The Morgan fingerprint density at radius 3 is 2.26 bits per heavy atom. The molecule has 2 unspecified atom stereocenters. The molecule has 0 amide bonds. The Hall–Kier alpha value is -3.36. The Kier molecular flexibility index (Phi) is 6.94. The Bertz CT molecular complexity index is 1080. The third-order valence-corrected chi connectivity index (χ3v) is 5.09. The molecule has 0 heterocycles. The number of ether oxygens (including phenoxy) is 2. The van der Waals surface area contributed by atoms with Crippen LogP contribution in [0.5, 0.6) is 11.5 Å². The molecule has 4 nitrogen and oxygen atoms in total. The van der Waals surface area contributed by atoms with E-state index in [0.29, 0.717) is 22.1 Å². The van der Waals surface area contributed by atoms with Gasteiger partial charge in [0, 0.05) is 22.1 Å². The second-order valence-electron chi connectivity index (χ2n) is 7.28. The number of hydrogen-bond acceptors (Lipinski definition) is 4. The summed E-state index contributed by atoms with van der Waals surface area (Å²) in [7, 11) is 0. The van der Waals surface area contributed by atoms with Crippen molar-refractivity contribution in [1.82, 2.24) is 0 Å². The maximum Gasteiger partial charge on any atom is 0.350 e. The van der Waals surface area contributed by atoms with Crippen LogP contribution in [0.3, 0.4) is 0 Å². The predicted octanol–water partition coefficient (Wildman–Crippen LogP) is 6.76. The molecule has 6 heteroatoms. The zero-order valence-corrected chi connectivity index (χ0v) is 17.8. The van der Waals surface area contributed by atoms with Crippen molar-refractivity contribution in [1.29, 1.82) is 5.26 Å². The van der Waals surface area contributed by atoms with Crippen molar-refractivity contribution in [2.75, 3.05) is 0 Å². The summed E-state index contributed by atoms with van der Waals surface area (Å²) in [6.45, 7) is 3.15. The van der Waals surface area contributed by atoms with E-state index in [1.165, 1.54) is 24.3 Å². The summed E-state index contributed by atoms with van der Waals surface area (Å²) < 4.78 is 27.0. The van der Waals surface area contributed by atoms with E-state index in [4.69, 9.17) is 21.1 Å². The fourth-order valence-electron chi connectivity index (χ4n) is 3.11. The minimum atomic E-state index is -2.43. The summed E-state index contributed by atoms with van der Waals surface area (Å²) in [5.74, 6) is -0.775. The highest BCUT2D eigenvalue weighted by Crippen LogP contribution is 2.38. The first-order valence-corrected chi connectivity index (χ1v) is 10.1. The van der Waals surface area contributed by atoms with Gasteiger partial charge in [-0.3, -0.25) is 0 Å². The van der Waals surface area contributed by atoms with Crippen LogP contribution >= 0.6 is 11.6 Å². The third kappa shape index (κ3) is 5.04. The summed E-state index contributed by atoms with van der Waals surface area (Å²) in [6, 6.07) is 23.6. The third-order valence-electron chi connectivity index (χ3n) is 4.84. The fourth-order valence-corrected chi connectivity index (χ4v) is 3.23. The van der Waals surface area contributed by atoms with E-state index in [1.54, 1.807) is 50.2 Å². The summed E-state index contributed by atoms with van der Waals surface area (Å²) in [5.41, 5.74) is -1.93. The van der Waals surface area contributed by atoms with Gasteiger partial charge in [0.05, 0.1) is 0 Å². The normalized spacial score (nSPS) is 13.7. The Labute approximate surface area is 185 Å². The SMILES string of the molecule is CC(C)C(F)(C(=O)OC(C#N)c1cccc(Oc2ccccc2)c1)c1ccc(Cl)cc1. The van der Waals surface area contributed by atoms with E-state index in [2.05, 4.69) is 0 Å². The molecule has 2 atom stereocenters. The van der Waals surface area contributed by atoms with Gasteiger partial charge in [-0.15, -0.1) is 0 Å². The number of hydrogen-bond donors (Lipinski definition) is 0. The lowest BCUT2D eigenvalue weighted by Crippen LogP contribution is -2.38. The molecule has 0 radical (unpaired) electrons. The highest BCUT2D eigenvalue weighted by Gasteiger charge is 2.46. The lowest BCUT2D eigenvalue weighted by molar-refractivity contribution is -0.166. The van der Waals surface area contributed by atoms with Crippen molar-refractivity contribution >= 4 is 17.6 Å². The Morgan fingerprint density at radius 1 is 1.00 bits per heavy atom. The number of alkyl halides is 1. The molecule has 0 aliphatic carbocycles. The molecule has 3 aromatic rings. The second-order valence-corrected chi connectivity index (χ2v) is 7.71. The summed E-state index contributed by atoms with van der Waals surface area (Å²) in [5, 5.41) is 10.0. The molecule has 0 saturated heterocycles. The number of nitriles is 1. The molecule has 0 bridgehead atoms. The molecule has 31 heavy (non-hydrogen) atoms. The van der Waals surface area contributed by atoms with E-state index in [0.717, 1.165) is 0 Å². The van der Waals surface area contributed by atoms with Gasteiger partial charge in [0.25, 0.3) is 0 Å². The number of benzene rings is 3. The molecular weight excluding hydrogens is 417 g/mol. The highest BCUT2D eigenvalue weighted by molar-refractivity contribution is 6.30. The van der Waals surface area contributed by atoms with Crippen molar-refractivity contribution in [2.45, 2.75) is 25.6 Å². The number of nitrogens with zero attached hydrogens (tertiary/aromatic N) is 1. The molecule has 0 aliphatic heterocycles. The number of esters is 1. The Morgan fingerprint density at radius 2 is 1.65 bits per heavy atom. The van der Waals surface area contributed by atoms with Crippen molar-refractivity contribution in [3.63, 3.8) is 0 Å². The second kappa shape index (κ2) is 9.63. The van der Waals surface area contributed by atoms with E-state index in [9.17, 15) is 10.1 Å². The fraction of sp³-hybridized carbons (Fsp3) is 0.200. The van der Waals surface area contributed by atoms with Crippen LogP contribution in [0.2, 0.25) is 5.02 Å². The number of halogens is 2. The quantitative estimate of drug-likeness (QED) is 0.383. The molecule has 0 saturated carbocycles. The molecule has 3 aromatic carbocycles. The van der Waals surface area contributed by atoms with Gasteiger partial charge in [-0.05, 0) is 36.4 Å². The number of carbonyl (C=O) groups excluding carboxylic acids is 1. The maximum atomic E-state index is 15.9. The van der Waals surface area contributed by atoms with Crippen molar-refractivity contribution in [3.05, 3.63) is 95.0 Å². The van der Waals surface area contributed by atoms with Crippen LogP contribution in [0.4, 0.5) is 4.39 Å². The number of rotatable bonds is 7. The topological polar surface area (TPSA) is 59.3 Å². The largest absolute Gasteiger partial charge is 0.457 e. The van der Waals surface area contributed by atoms with Crippen LogP contribution in [0.25, 0.3) is 0 Å². The minimum Gasteiger partial charge on any atom is -0.457 e. The molecule has 0 spiro atoms. The first kappa shape index (κ1) is 22.3. The van der Waals surface area contributed by atoms with Crippen LogP contribution in [0.15, 0.2) is 78.9 Å². The molecule has 0 N–H and O–H groups in total. The molecule has 0 aliphatic rings. The van der Waals surface area contributed by atoms with E-state index >= 15 is 4.39 Å². The van der Waals surface area contributed by atoms with E-state index in [-0.39, 0.29) is 5.56 Å². The van der Waals surface area contributed by atoms with E-state index < -0.39 is 23.7 Å². The first-order valence-electron chi connectivity index (χ1n) is 9.73. The highest BCUT2D eigenvalue weighted by atomic mass is 35.5. The van der Waals surface area contributed by atoms with Crippen LogP contribution < -0.4 is 4.74 Å². The zero-order valence-electron chi connectivity index (χ0n) is 17.1. The number of para-hydroxylation sites is 1. The van der Waals surface area contributed by atoms with Gasteiger partial charge in [-0.1, -0.05) is 67.9 Å². The molecular formula is C25H21ClFNO3. The monoisotopic (exact) mass is 437 g/mol. The van der Waals surface area contributed by atoms with Crippen molar-refractivity contribution < 1.29 is 18.7 Å². The standard InChI is InChI=1S/C25H21ClFNO3/c1-17(2)25(27,19-11-13-20(26)14-12-19)24(29)31-23(16-28)18-7-6-10-22(15-18)30-21-8-4-3-5-9-21/h3-15,17,23H,1-2H3. The van der Waals surface area contributed by atoms with Gasteiger partial charge in [0.1, 0.15) is 17.6 Å². The van der Waals surface area contributed by atoms with Gasteiger partial charge in [-0.2, -0.15) is 5.26 Å². The zero-order chi connectivity index (χ0) is 22.4. The average molecular weight is 438 g/mol. The Balaban J connectivity index is 1.84.